The number of ether oxygens (including phenoxy) is 1. The molecular weight excluding hydrogens is 326 g/mol. The van der Waals surface area contributed by atoms with Gasteiger partial charge in [-0.2, -0.15) is 0 Å². The molecule has 0 spiro atoms. The lowest BCUT2D eigenvalue weighted by molar-refractivity contribution is -0.130. The number of amides is 1. The third-order valence-corrected chi connectivity index (χ3v) is 4.94. The number of benzene rings is 2. The van der Waals surface area contributed by atoms with Gasteiger partial charge in [0, 0.05) is 0 Å². The first-order valence-electron chi connectivity index (χ1n) is 9.26. The molecule has 4 heteroatoms. The number of esters is 1. The van der Waals surface area contributed by atoms with Crippen molar-refractivity contribution in [2.75, 3.05) is 0 Å². The zero-order valence-electron chi connectivity index (χ0n) is 15.3. The highest BCUT2D eigenvalue weighted by Crippen LogP contribution is 2.29. The van der Waals surface area contributed by atoms with E-state index in [0.29, 0.717) is 5.56 Å². The van der Waals surface area contributed by atoms with Crippen molar-refractivity contribution < 1.29 is 14.3 Å². The van der Waals surface area contributed by atoms with Crippen molar-refractivity contribution in [2.45, 2.75) is 51.7 Å². The lowest BCUT2D eigenvalue weighted by atomic mass is 9.87. The number of rotatable bonds is 5. The molecule has 0 saturated carbocycles. The lowest BCUT2D eigenvalue weighted by Gasteiger charge is -2.27. The number of hydrogen-bond donors (Lipinski definition) is 1. The van der Waals surface area contributed by atoms with Crippen LogP contribution in [0.3, 0.4) is 0 Å². The molecule has 2 aromatic rings. The molecule has 3 rings (SSSR count). The first kappa shape index (κ1) is 18.2. The second-order valence-electron chi connectivity index (χ2n) is 6.75. The van der Waals surface area contributed by atoms with E-state index in [0.717, 1.165) is 31.2 Å². The molecule has 0 bridgehead atoms. The first-order valence-corrected chi connectivity index (χ1v) is 9.26. The number of aryl methyl sites for hydroxylation is 2. The molecule has 1 amide bonds. The molecule has 1 aliphatic carbocycles. The molecular formula is C22H25NO3. The van der Waals surface area contributed by atoms with E-state index in [-0.39, 0.29) is 11.9 Å². The second kappa shape index (κ2) is 8.17. The number of carbonyl (C=O) groups excluding carboxylic acids is 2. The molecule has 1 aliphatic rings. The van der Waals surface area contributed by atoms with Crippen LogP contribution in [0.25, 0.3) is 0 Å². The van der Waals surface area contributed by atoms with Crippen molar-refractivity contribution in [3.05, 3.63) is 70.8 Å². The van der Waals surface area contributed by atoms with Gasteiger partial charge in [-0.3, -0.25) is 4.79 Å². The van der Waals surface area contributed by atoms with Crippen molar-refractivity contribution >= 4 is 11.9 Å². The minimum absolute atomic E-state index is 0.0163. The van der Waals surface area contributed by atoms with Crippen molar-refractivity contribution in [1.82, 2.24) is 5.32 Å². The van der Waals surface area contributed by atoms with Crippen LogP contribution in [0.4, 0.5) is 0 Å². The average Bonchev–Trinajstić information content (AvgIpc) is 2.68. The molecule has 1 N–H and O–H groups in total. The van der Waals surface area contributed by atoms with Crippen LogP contribution in [0.1, 0.15) is 59.8 Å². The smallest absolute Gasteiger partial charge is 0.338 e. The van der Waals surface area contributed by atoms with Crippen molar-refractivity contribution in [1.29, 1.82) is 0 Å². The van der Waals surface area contributed by atoms with Gasteiger partial charge in [-0.05, 0) is 61.4 Å². The zero-order chi connectivity index (χ0) is 18.5. The Morgan fingerprint density at radius 3 is 2.62 bits per heavy atom. The first-order chi connectivity index (χ1) is 12.6. The molecule has 0 heterocycles. The summed E-state index contributed by atoms with van der Waals surface area (Å²) in [5.74, 6) is -0.732. The second-order valence-corrected chi connectivity index (χ2v) is 6.75. The van der Waals surface area contributed by atoms with Crippen LogP contribution in [0.2, 0.25) is 0 Å². The summed E-state index contributed by atoms with van der Waals surface area (Å²) in [6, 6.07) is 15.5. The van der Waals surface area contributed by atoms with Crippen LogP contribution in [-0.4, -0.2) is 18.0 Å². The standard InChI is InChI=1S/C22H25NO3/c1-3-16-11-13-18(14-12-16)22(25)26-15(2)21(24)23-20-10-6-8-17-7-4-5-9-19(17)20/h4-5,7,9,11-15,20H,3,6,8,10H2,1-2H3,(H,23,24)/t15-,20-/m0/s1. The molecule has 136 valence electrons. The molecule has 2 atom stereocenters. The Morgan fingerprint density at radius 2 is 1.88 bits per heavy atom. The van der Waals surface area contributed by atoms with Gasteiger partial charge in [0.1, 0.15) is 0 Å². The lowest BCUT2D eigenvalue weighted by Crippen LogP contribution is -2.39. The predicted molar refractivity (Wildman–Crippen MR) is 101 cm³/mol. The van der Waals surface area contributed by atoms with Crippen LogP contribution in [0.15, 0.2) is 48.5 Å². The van der Waals surface area contributed by atoms with E-state index >= 15 is 0 Å². The predicted octanol–water partition coefficient (Wildman–Crippen LogP) is 3.99. The molecule has 0 unspecified atom stereocenters. The normalized spacial score (nSPS) is 17.1. The van der Waals surface area contributed by atoms with Crippen molar-refractivity contribution in [2.24, 2.45) is 0 Å². The Kier molecular flexibility index (Phi) is 5.71. The van der Waals surface area contributed by atoms with Gasteiger partial charge in [0.2, 0.25) is 0 Å². The summed E-state index contributed by atoms with van der Waals surface area (Å²) in [7, 11) is 0. The van der Waals surface area contributed by atoms with Gasteiger partial charge in [0.05, 0.1) is 11.6 Å². The van der Waals surface area contributed by atoms with Gasteiger partial charge >= 0.3 is 5.97 Å². The Hall–Kier alpha value is -2.62. The number of carbonyl (C=O) groups is 2. The summed E-state index contributed by atoms with van der Waals surface area (Å²) in [6.45, 7) is 3.67. The van der Waals surface area contributed by atoms with E-state index in [1.54, 1.807) is 19.1 Å². The van der Waals surface area contributed by atoms with E-state index in [1.807, 2.05) is 24.3 Å². The number of hydrogen-bond acceptors (Lipinski definition) is 3. The third kappa shape index (κ3) is 4.13. The van der Waals surface area contributed by atoms with Gasteiger partial charge in [-0.25, -0.2) is 4.79 Å². The third-order valence-electron chi connectivity index (χ3n) is 4.94. The Morgan fingerprint density at radius 1 is 1.15 bits per heavy atom. The van der Waals surface area contributed by atoms with E-state index < -0.39 is 12.1 Å². The zero-order valence-corrected chi connectivity index (χ0v) is 15.3. The molecule has 4 nitrogen and oxygen atoms in total. The van der Waals surface area contributed by atoms with Gasteiger partial charge in [-0.15, -0.1) is 0 Å². The highest BCUT2D eigenvalue weighted by molar-refractivity contribution is 5.92. The Balaban J connectivity index is 1.60. The Bertz CT molecular complexity index is 782. The molecule has 2 aromatic carbocycles. The van der Waals surface area contributed by atoms with Crippen molar-refractivity contribution in [3.8, 4) is 0 Å². The van der Waals surface area contributed by atoms with E-state index in [1.165, 1.54) is 11.1 Å². The van der Waals surface area contributed by atoms with Crippen LogP contribution < -0.4 is 5.32 Å². The van der Waals surface area contributed by atoms with E-state index in [4.69, 9.17) is 4.74 Å². The number of fused-ring (bicyclic) bond motifs is 1. The van der Waals surface area contributed by atoms with Crippen LogP contribution in [-0.2, 0) is 22.4 Å². The van der Waals surface area contributed by atoms with Gasteiger partial charge < -0.3 is 10.1 Å². The summed E-state index contributed by atoms with van der Waals surface area (Å²) in [5.41, 5.74) is 4.07. The summed E-state index contributed by atoms with van der Waals surface area (Å²) in [5, 5.41) is 3.03. The molecule has 0 saturated heterocycles. The summed E-state index contributed by atoms with van der Waals surface area (Å²) in [6.07, 6.45) is 3.07. The fourth-order valence-electron chi connectivity index (χ4n) is 3.35. The maximum Gasteiger partial charge on any atom is 0.338 e. The van der Waals surface area contributed by atoms with Gasteiger partial charge in [0.15, 0.2) is 6.10 Å². The highest BCUT2D eigenvalue weighted by Gasteiger charge is 2.25. The van der Waals surface area contributed by atoms with E-state index in [2.05, 4.69) is 24.4 Å². The van der Waals surface area contributed by atoms with Crippen LogP contribution in [0.5, 0.6) is 0 Å². The Labute approximate surface area is 154 Å². The average molecular weight is 351 g/mol. The van der Waals surface area contributed by atoms with E-state index in [9.17, 15) is 9.59 Å². The molecule has 0 aliphatic heterocycles. The van der Waals surface area contributed by atoms with Gasteiger partial charge in [0.25, 0.3) is 5.91 Å². The molecule has 26 heavy (non-hydrogen) atoms. The topological polar surface area (TPSA) is 55.4 Å². The molecule has 0 radical (unpaired) electrons. The SMILES string of the molecule is CCc1ccc(C(=O)O[C@@H](C)C(=O)N[C@H]2CCCc3ccccc32)cc1. The fourth-order valence-corrected chi connectivity index (χ4v) is 3.35. The summed E-state index contributed by atoms with van der Waals surface area (Å²) >= 11 is 0. The molecule has 0 aromatic heterocycles. The maximum atomic E-state index is 12.5. The number of nitrogens with one attached hydrogen (secondary N) is 1. The van der Waals surface area contributed by atoms with Crippen LogP contribution >= 0.6 is 0 Å². The van der Waals surface area contributed by atoms with Crippen LogP contribution in [0, 0.1) is 0 Å². The fraction of sp³-hybridized carbons (Fsp3) is 0.364. The maximum absolute atomic E-state index is 12.5. The minimum atomic E-state index is -0.831. The van der Waals surface area contributed by atoms with Crippen molar-refractivity contribution in [3.63, 3.8) is 0 Å². The van der Waals surface area contributed by atoms with Gasteiger partial charge in [-0.1, -0.05) is 43.3 Å². The summed E-state index contributed by atoms with van der Waals surface area (Å²) < 4.78 is 5.35. The quantitative estimate of drug-likeness (QED) is 0.829. The monoisotopic (exact) mass is 351 g/mol. The highest BCUT2D eigenvalue weighted by atomic mass is 16.5. The largest absolute Gasteiger partial charge is 0.449 e. The minimum Gasteiger partial charge on any atom is -0.449 e. The summed E-state index contributed by atoms with van der Waals surface area (Å²) in [4.78, 5) is 24.7. The molecule has 0 fully saturated rings.